The topological polar surface area (TPSA) is 187 Å². The van der Waals surface area contributed by atoms with Crippen LogP contribution in [0.2, 0.25) is 0 Å². The molecule has 20 rings (SSSR count). The summed E-state index contributed by atoms with van der Waals surface area (Å²) >= 11 is 3.72. The summed E-state index contributed by atoms with van der Waals surface area (Å²) in [6.45, 7) is 7.97. The molecule has 8 aromatic carbocycles. The normalized spacial score (nSPS) is 15.8. The molecule has 4 aliphatic heterocycles. The van der Waals surface area contributed by atoms with Gasteiger partial charge in [-0.3, -0.25) is 0 Å². The van der Waals surface area contributed by atoms with Crippen LogP contribution in [0.5, 0.6) is 0 Å². The molecular weight excluding hydrogens is 1730 g/mol. The highest BCUT2D eigenvalue weighted by Crippen LogP contribution is 2.44. The summed E-state index contributed by atoms with van der Waals surface area (Å²) in [4.78, 5) is 8.62. The van der Waals surface area contributed by atoms with Crippen LogP contribution in [-0.4, -0.2) is 159 Å². The van der Waals surface area contributed by atoms with Gasteiger partial charge in [0.2, 0.25) is 0 Å². The molecule has 124 heavy (non-hydrogen) atoms. The van der Waals surface area contributed by atoms with Gasteiger partial charge in [0.05, 0.1) is 50.8 Å². The monoisotopic (exact) mass is 1810 g/mol. The lowest BCUT2D eigenvalue weighted by molar-refractivity contribution is -0.138. The molecule has 0 radical (unpaired) electrons. The van der Waals surface area contributed by atoms with Gasteiger partial charge in [0.1, 0.15) is 23.3 Å². The number of halogens is 7. The Morgan fingerprint density at radius 3 is 1.04 bits per heavy atom. The molecule has 4 aliphatic rings. The fraction of sp³-hybridized carbons (Fsp3) is 0.207. The smallest absolute Gasteiger partial charge is 0.302 e. The van der Waals surface area contributed by atoms with Crippen LogP contribution in [0.1, 0.15) is 64.8 Å². The third-order valence-electron chi connectivity index (χ3n) is 22.9. The van der Waals surface area contributed by atoms with Crippen LogP contribution in [0.15, 0.2) is 273 Å². The Morgan fingerprint density at radius 2 is 0.677 bits per heavy atom. The summed E-state index contributed by atoms with van der Waals surface area (Å²) in [5.74, 6) is -0.371. The van der Waals surface area contributed by atoms with Crippen LogP contribution >= 0.6 is 34.0 Å². The summed E-state index contributed by atoms with van der Waals surface area (Å²) in [5, 5.41) is 9.10. The van der Waals surface area contributed by atoms with Gasteiger partial charge in [0, 0.05) is 135 Å². The largest absolute Gasteiger partial charge is 0.416 e. The number of likely N-dealkylation sites (N-methyl/N-ethyl adjacent to an activating group) is 4. The quantitative estimate of drug-likeness (QED) is 0.0993. The van der Waals surface area contributed by atoms with E-state index >= 15 is 0 Å². The number of fused-ring (bicyclic) bond motifs is 7. The van der Waals surface area contributed by atoms with Crippen molar-refractivity contribution < 1.29 is 64.4 Å². The highest BCUT2D eigenvalue weighted by atomic mass is 32.3. The molecule has 0 amide bonds. The molecule has 8 aromatic heterocycles. The van der Waals surface area contributed by atoms with Gasteiger partial charge in [-0.15, -0.1) is 34.0 Å². The highest BCUT2D eigenvalue weighted by molar-refractivity contribution is 7.93. The van der Waals surface area contributed by atoms with E-state index in [9.17, 15) is 64.4 Å². The van der Waals surface area contributed by atoms with E-state index in [0.29, 0.717) is 68.9 Å². The molecule has 0 aliphatic carbocycles. The average molecular weight is 1810 g/mol. The lowest BCUT2D eigenvalue weighted by Gasteiger charge is -2.21. The molecule has 0 saturated heterocycles. The second kappa shape index (κ2) is 33.6. The van der Waals surface area contributed by atoms with Crippen molar-refractivity contribution in [1.82, 2.24) is 45.3 Å². The minimum Gasteiger partial charge on any atom is -0.302 e. The Morgan fingerprint density at radius 1 is 0.355 bits per heavy atom. The van der Waals surface area contributed by atoms with Gasteiger partial charge in [-0.25, -0.2) is 33.4 Å². The number of hydrogen-bond acceptors (Lipinski definition) is 16. The van der Waals surface area contributed by atoms with Crippen molar-refractivity contribution in [2.45, 2.75) is 62.5 Å². The zero-order chi connectivity index (χ0) is 87.1. The summed E-state index contributed by atoms with van der Waals surface area (Å²) < 4.78 is 214. The molecule has 12 heterocycles. The van der Waals surface area contributed by atoms with E-state index in [0.717, 1.165) is 165 Å². The molecule has 0 unspecified atom stereocenters. The van der Waals surface area contributed by atoms with Crippen LogP contribution in [0.3, 0.4) is 0 Å². The molecule has 0 N–H and O–H groups in total. The summed E-state index contributed by atoms with van der Waals surface area (Å²) in [6.07, 6.45) is 9.77. The molecule has 0 spiro atoms. The molecule has 0 fully saturated rings. The van der Waals surface area contributed by atoms with E-state index in [-0.39, 0.29) is 35.6 Å². The maximum absolute atomic E-state index is 14.0. The number of hydrogen-bond donors (Lipinski definition) is 0. The standard InChI is InChI=1S/C25H23F3N4O2S.C23H19F3N2O2S2.C22H19FN2O2S2.C22H20N2O2S2/c1-17-24(15-29-32(17)20-6-4-3-5-7-20)35(33,34)31-16-22(18-10-12-30(2)13-11-18)21-14-19(25(26,27)28)8-9-23(21)31;1-27-10-8-15(9-11-27)19-14-28(20-7-6-17(13-18(19)20)23(24,25)26)32(29,30)22-12-16-4-2-3-5-21(16)31-22;1-24-10-8-15(9-11-24)19-14-25(20-7-6-17(23)13-18(19)20)29(26,27)22-12-16-4-2-3-5-21(16)28-22;1-23-12-10-16(11-13-23)19-15-24(20-8-4-3-7-18(19)20)28(25,26)22-14-17-6-2-5-9-21(17)27-22/h3-10,14-16H,11-13H2,1-2H3;2-8,12-14H,9-11H2,1H3;2-8,12-14H,9-11H2,1H3;2-10,14-15H,11-13H2,1H3. The molecule has 16 aromatic rings. The zero-order valence-electron chi connectivity index (χ0n) is 67.5. The molecule has 18 nitrogen and oxygen atoms in total. The maximum Gasteiger partial charge on any atom is 0.416 e. The summed E-state index contributed by atoms with van der Waals surface area (Å²) in [7, 11) is -7.53. The first-order chi connectivity index (χ1) is 59.2. The lowest BCUT2D eigenvalue weighted by atomic mass is 9.98. The summed E-state index contributed by atoms with van der Waals surface area (Å²) in [6, 6.07) is 55.4. The molecule has 32 heteroatoms. The minimum atomic E-state index is -4.54. The molecule has 0 atom stereocenters. The predicted molar refractivity (Wildman–Crippen MR) is 482 cm³/mol. The van der Waals surface area contributed by atoms with Gasteiger partial charge in [-0.1, -0.05) is 115 Å². The molecular formula is C92H81F7N10O8S7. The number of para-hydroxylation sites is 2. The van der Waals surface area contributed by atoms with Crippen LogP contribution in [-0.2, 0) is 52.4 Å². The first-order valence-corrected chi connectivity index (χ1v) is 47.9. The summed E-state index contributed by atoms with van der Waals surface area (Å²) in [5.41, 5.74) is 7.98. The van der Waals surface area contributed by atoms with Gasteiger partial charge < -0.3 is 19.6 Å². The van der Waals surface area contributed by atoms with Crippen LogP contribution < -0.4 is 0 Å². The van der Waals surface area contributed by atoms with Crippen LogP contribution in [0.25, 0.3) is 102 Å². The third-order valence-corrected chi connectivity index (χ3v) is 34.4. The molecule has 0 bridgehead atoms. The van der Waals surface area contributed by atoms with Crippen LogP contribution in [0.4, 0.5) is 30.7 Å². The molecule has 638 valence electrons. The number of aromatic nitrogens is 6. The highest BCUT2D eigenvalue weighted by Gasteiger charge is 2.37. The number of nitrogens with zero attached hydrogens (tertiary/aromatic N) is 10. The van der Waals surface area contributed by atoms with Crippen molar-refractivity contribution in [3.63, 3.8) is 0 Å². The van der Waals surface area contributed by atoms with Crippen molar-refractivity contribution in [3.8, 4) is 5.69 Å². The fourth-order valence-corrected chi connectivity index (χ4v) is 26.2. The molecule has 0 saturated carbocycles. The number of rotatable bonds is 13. The van der Waals surface area contributed by atoms with Crippen molar-refractivity contribution in [3.05, 3.63) is 300 Å². The van der Waals surface area contributed by atoms with Gasteiger partial charge in [-0.05, 0) is 208 Å². The predicted octanol–water partition coefficient (Wildman–Crippen LogP) is 20.7. The van der Waals surface area contributed by atoms with Gasteiger partial charge >= 0.3 is 12.4 Å². The average Bonchev–Trinajstić information content (AvgIpc) is 1.61. The maximum atomic E-state index is 14.0. The van der Waals surface area contributed by atoms with E-state index in [4.69, 9.17) is 0 Å². The van der Waals surface area contributed by atoms with Crippen molar-refractivity contribution in [2.24, 2.45) is 0 Å². The number of alkyl halides is 6. The Balaban J connectivity index is 0.000000117. The second-order valence-electron chi connectivity index (χ2n) is 31.1. The van der Waals surface area contributed by atoms with E-state index in [1.807, 2.05) is 167 Å². The Kier molecular flexibility index (Phi) is 23.1. The van der Waals surface area contributed by atoms with E-state index in [1.54, 1.807) is 37.4 Å². The zero-order valence-corrected chi connectivity index (χ0v) is 73.2. The fourth-order valence-electron chi connectivity index (χ4n) is 16.1. The Bertz CT molecular complexity index is 7410. The Labute approximate surface area is 723 Å². The van der Waals surface area contributed by atoms with Gasteiger partial charge in [0.15, 0.2) is 0 Å². The van der Waals surface area contributed by atoms with Crippen molar-refractivity contribution in [1.29, 1.82) is 0 Å². The number of thiophene rings is 3. The minimum absolute atomic E-state index is 0.0120. The number of benzene rings is 8. The van der Waals surface area contributed by atoms with Crippen LogP contribution in [0, 0.1) is 12.7 Å². The lowest BCUT2D eigenvalue weighted by Crippen LogP contribution is -2.23. The third kappa shape index (κ3) is 16.6. The Hall–Kier alpha value is -10.9. The second-order valence-corrected chi connectivity index (χ2v) is 42.3. The van der Waals surface area contributed by atoms with Crippen molar-refractivity contribution in [2.75, 3.05) is 80.5 Å². The van der Waals surface area contributed by atoms with Gasteiger partial charge in [0.25, 0.3) is 40.1 Å². The van der Waals surface area contributed by atoms with E-state index in [2.05, 4.69) is 43.9 Å². The first kappa shape index (κ1) is 85.3. The SMILES string of the molecule is CN1CC=C(c2cn(S(=O)(=O)c3cc4ccccc4s3)c3ccc(C(F)(F)F)cc23)CC1.CN1CC=C(c2cn(S(=O)(=O)c3cc4ccccc4s3)c3ccc(F)cc23)CC1.CN1CC=C(c2cn(S(=O)(=O)c3cc4ccccc4s3)c3ccccc23)CC1.Cc1c(S(=O)(=O)n2cc(C3=CCN(C)CC3)c3cc(C(F)(F)F)ccc32)cnn1-c1ccccc1. The van der Waals surface area contributed by atoms with Crippen molar-refractivity contribution >= 4 is 170 Å². The first-order valence-electron chi connectivity index (χ1n) is 39.6. The van der Waals surface area contributed by atoms with Gasteiger partial charge in [-0.2, -0.15) is 56.7 Å². The van der Waals surface area contributed by atoms with E-state index in [1.165, 1.54) is 83.7 Å². The van der Waals surface area contributed by atoms with E-state index < -0.39 is 63.6 Å².